The Hall–Kier alpha value is -0.910. The van der Waals surface area contributed by atoms with E-state index in [9.17, 15) is 4.79 Å². The van der Waals surface area contributed by atoms with Crippen LogP contribution < -0.4 is 5.32 Å². The number of carbonyl (C=O) groups is 1. The highest BCUT2D eigenvalue weighted by atomic mass is 79.9. The third kappa shape index (κ3) is 3.10. The smallest absolute Gasteiger partial charge is 0.257 e. The van der Waals surface area contributed by atoms with E-state index in [1.54, 1.807) is 12.1 Å². The minimum atomic E-state index is -0.175. The number of nitrogens with one attached hydrogen (secondary N) is 1. The number of nitrogens with zero attached hydrogens (tertiary/aromatic N) is 1. The average molecular weight is 346 g/mol. The van der Waals surface area contributed by atoms with Gasteiger partial charge in [0.1, 0.15) is 0 Å². The second-order valence-electron chi connectivity index (χ2n) is 3.70. The molecule has 3 nitrogen and oxygen atoms in total. The molecule has 1 heterocycles. The van der Waals surface area contributed by atoms with Crippen molar-refractivity contribution in [2.45, 2.75) is 12.8 Å². The molecule has 2 rings (SSSR count). The molecule has 0 atom stereocenters. The van der Waals surface area contributed by atoms with Gasteiger partial charge in [-0.25, -0.2) is 4.98 Å². The Morgan fingerprint density at radius 1 is 1.56 bits per heavy atom. The zero-order valence-electron chi connectivity index (χ0n) is 9.54. The number of carbonyl (C=O) groups excluding carboxylic acids is 1. The number of thiazole rings is 1. The number of aromatic nitrogens is 1. The molecule has 0 radical (unpaired) electrons. The van der Waals surface area contributed by atoms with E-state index in [-0.39, 0.29) is 5.91 Å². The SMILES string of the molecule is Cc1ccc(C(=O)Nc2nc(CCl)cs2)cc1Br. The van der Waals surface area contributed by atoms with E-state index in [1.165, 1.54) is 11.3 Å². The van der Waals surface area contributed by atoms with Crippen LogP contribution in [-0.4, -0.2) is 10.9 Å². The molecule has 0 aliphatic carbocycles. The van der Waals surface area contributed by atoms with Crippen molar-refractivity contribution in [3.8, 4) is 0 Å². The van der Waals surface area contributed by atoms with Gasteiger partial charge in [-0.1, -0.05) is 22.0 Å². The predicted molar refractivity (Wildman–Crippen MR) is 78.5 cm³/mol. The molecule has 0 unspecified atom stereocenters. The lowest BCUT2D eigenvalue weighted by atomic mass is 10.1. The van der Waals surface area contributed by atoms with Crippen LogP contribution in [0, 0.1) is 6.92 Å². The van der Waals surface area contributed by atoms with Crippen LogP contribution in [0.5, 0.6) is 0 Å². The first-order valence-electron chi connectivity index (χ1n) is 5.18. The van der Waals surface area contributed by atoms with E-state index in [4.69, 9.17) is 11.6 Å². The highest BCUT2D eigenvalue weighted by Gasteiger charge is 2.09. The lowest BCUT2D eigenvalue weighted by molar-refractivity contribution is 0.102. The summed E-state index contributed by atoms with van der Waals surface area (Å²) in [4.78, 5) is 16.2. The summed E-state index contributed by atoms with van der Waals surface area (Å²) in [5, 5.41) is 5.14. The molecule has 0 fully saturated rings. The zero-order valence-corrected chi connectivity index (χ0v) is 12.7. The number of hydrogen-bond acceptors (Lipinski definition) is 3. The average Bonchev–Trinajstić information content (AvgIpc) is 2.80. The largest absolute Gasteiger partial charge is 0.298 e. The van der Waals surface area contributed by atoms with Crippen LogP contribution in [0.25, 0.3) is 0 Å². The molecule has 0 spiro atoms. The van der Waals surface area contributed by atoms with Crippen molar-refractivity contribution in [3.63, 3.8) is 0 Å². The molecule has 2 aromatic rings. The molecule has 94 valence electrons. The quantitative estimate of drug-likeness (QED) is 0.847. The summed E-state index contributed by atoms with van der Waals surface area (Å²) in [5.41, 5.74) is 2.45. The molecular formula is C12H10BrClN2OS. The third-order valence-corrected chi connectivity index (χ3v) is 4.28. The Kier molecular flexibility index (Phi) is 4.37. The fraction of sp³-hybridized carbons (Fsp3) is 0.167. The minimum Gasteiger partial charge on any atom is -0.298 e. The van der Waals surface area contributed by atoms with Crippen LogP contribution in [0.1, 0.15) is 21.6 Å². The molecule has 6 heteroatoms. The first-order chi connectivity index (χ1) is 8.60. The maximum Gasteiger partial charge on any atom is 0.257 e. The van der Waals surface area contributed by atoms with Crippen LogP contribution in [0.3, 0.4) is 0 Å². The second-order valence-corrected chi connectivity index (χ2v) is 5.68. The molecule has 0 aliphatic rings. The summed E-state index contributed by atoms with van der Waals surface area (Å²) in [6, 6.07) is 5.47. The van der Waals surface area contributed by atoms with Gasteiger partial charge in [-0.05, 0) is 24.6 Å². The van der Waals surface area contributed by atoms with Gasteiger partial charge in [0.25, 0.3) is 5.91 Å². The molecule has 1 aromatic carbocycles. The lowest BCUT2D eigenvalue weighted by Crippen LogP contribution is -2.11. The Morgan fingerprint density at radius 2 is 2.33 bits per heavy atom. The second kappa shape index (κ2) is 5.82. The van der Waals surface area contributed by atoms with E-state index in [1.807, 2.05) is 18.4 Å². The summed E-state index contributed by atoms with van der Waals surface area (Å²) in [6.45, 7) is 1.97. The topological polar surface area (TPSA) is 42.0 Å². The molecule has 18 heavy (non-hydrogen) atoms. The maximum atomic E-state index is 12.0. The third-order valence-electron chi connectivity index (χ3n) is 2.34. The summed E-state index contributed by atoms with van der Waals surface area (Å²) in [6.07, 6.45) is 0. The van der Waals surface area contributed by atoms with Crippen molar-refractivity contribution < 1.29 is 4.79 Å². The highest BCUT2D eigenvalue weighted by molar-refractivity contribution is 9.10. The lowest BCUT2D eigenvalue weighted by Gasteiger charge is -2.04. The van der Waals surface area contributed by atoms with E-state index in [0.717, 1.165) is 15.7 Å². The van der Waals surface area contributed by atoms with Gasteiger partial charge in [0.05, 0.1) is 11.6 Å². The van der Waals surface area contributed by atoms with Crippen molar-refractivity contribution in [2.24, 2.45) is 0 Å². The first kappa shape index (κ1) is 13.5. The molecule has 0 saturated carbocycles. The van der Waals surface area contributed by atoms with E-state index < -0.39 is 0 Å². The van der Waals surface area contributed by atoms with Gasteiger partial charge in [-0.2, -0.15) is 0 Å². The number of rotatable bonds is 3. The van der Waals surface area contributed by atoms with Crippen LogP contribution >= 0.6 is 38.9 Å². The van der Waals surface area contributed by atoms with Crippen molar-refractivity contribution >= 4 is 49.9 Å². The van der Waals surface area contributed by atoms with E-state index >= 15 is 0 Å². The number of alkyl halides is 1. The van der Waals surface area contributed by atoms with Gasteiger partial charge in [-0.15, -0.1) is 22.9 Å². The monoisotopic (exact) mass is 344 g/mol. The van der Waals surface area contributed by atoms with Crippen LogP contribution in [-0.2, 0) is 5.88 Å². The number of anilines is 1. The first-order valence-corrected chi connectivity index (χ1v) is 7.38. The Morgan fingerprint density at radius 3 is 2.94 bits per heavy atom. The number of benzene rings is 1. The molecule has 1 N–H and O–H groups in total. The van der Waals surface area contributed by atoms with Crippen molar-refractivity contribution in [1.82, 2.24) is 4.98 Å². The molecule has 0 bridgehead atoms. The van der Waals surface area contributed by atoms with Gasteiger partial charge in [0, 0.05) is 15.4 Å². The summed E-state index contributed by atoms with van der Waals surface area (Å²) in [7, 11) is 0. The molecule has 1 amide bonds. The minimum absolute atomic E-state index is 0.175. The number of aryl methyl sites for hydroxylation is 1. The number of halogens is 2. The predicted octanol–water partition coefficient (Wildman–Crippen LogP) is 4.21. The van der Waals surface area contributed by atoms with E-state index in [0.29, 0.717) is 16.6 Å². The van der Waals surface area contributed by atoms with E-state index in [2.05, 4.69) is 26.2 Å². The van der Waals surface area contributed by atoms with Crippen molar-refractivity contribution in [3.05, 3.63) is 44.9 Å². The number of hydrogen-bond donors (Lipinski definition) is 1. The van der Waals surface area contributed by atoms with Gasteiger partial charge >= 0.3 is 0 Å². The summed E-state index contributed by atoms with van der Waals surface area (Å²) in [5.74, 6) is 0.175. The van der Waals surface area contributed by atoms with Gasteiger partial charge in [0.15, 0.2) is 5.13 Å². The summed E-state index contributed by atoms with van der Waals surface area (Å²) < 4.78 is 0.913. The van der Waals surface area contributed by atoms with Crippen LogP contribution in [0.2, 0.25) is 0 Å². The zero-order chi connectivity index (χ0) is 13.1. The highest BCUT2D eigenvalue weighted by Crippen LogP contribution is 2.20. The molecule has 0 saturated heterocycles. The Bertz CT molecular complexity index is 585. The van der Waals surface area contributed by atoms with Gasteiger partial charge in [0.2, 0.25) is 0 Å². The van der Waals surface area contributed by atoms with Crippen LogP contribution in [0.4, 0.5) is 5.13 Å². The summed E-state index contributed by atoms with van der Waals surface area (Å²) >= 11 is 10.4. The molecule has 1 aromatic heterocycles. The fourth-order valence-corrected chi connectivity index (χ4v) is 2.64. The molecule has 0 aliphatic heterocycles. The maximum absolute atomic E-state index is 12.0. The Balaban J connectivity index is 2.14. The Labute approximate surface area is 122 Å². The van der Waals surface area contributed by atoms with Gasteiger partial charge in [-0.3, -0.25) is 10.1 Å². The van der Waals surface area contributed by atoms with Gasteiger partial charge < -0.3 is 0 Å². The van der Waals surface area contributed by atoms with Crippen LogP contribution in [0.15, 0.2) is 28.1 Å². The van der Waals surface area contributed by atoms with Crippen molar-refractivity contribution in [2.75, 3.05) is 5.32 Å². The number of amides is 1. The fourth-order valence-electron chi connectivity index (χ4n) is 1.33. The normalized spacial score (nSPS) is 10.4. The van der Waals surface area contributed by atoms with Crippen molar-refractivity contribution in [1.29, 1.82) is 0 Å². The standard InChI is InChI=1S/C12H10BrClN2OS/c1-7-2-3-8(4-10(7)13)11(17)16-12-15-9(5-14)6-18-12/h2-4,6H,5H2,1H3,(H,15,16,17). The molecular weight excluding hydrogens is 336 g/mol.